The lowest BCUT2D eigenvalue weighted by Crippen LogP contribution is -2.50. The molecule has 2 unspecified atom stereocenters. The van der Waals surface area contributed by atoms with Gasteiger partial charge < -0.3 is 4.74 Å². The normalized spacial score (nSPS) is 35.8. The van der Waals surface area contributed by atoms with Crippen molar-refractivity contribution in [2.24, 2.45) is 0 Å². The van der Waals surface area contributed by atoms with Crippen LogP contribution >= 0.6 is 0 Å². The van der Waals surface area contributed by atoms with Crippen LogP contribution in [0, 0.1) is 0 Å². The molecule has 14 heavy (non-hydrogen) atoms. The zero-order chi connectivity index (χ0) is 9.80. The Kier molecular flexibility index (Phi) is 3.79. The molecule has 0 saturated carbocycles. The van der Waals surface area contributed by atoms with E-state index in [-0.39, 0.29) is 0 Å². The summed E-state index contributed by atoms with van der Waals surface area (Å²) >= 11 is 0. The fourth-order valence-corrected chi connectivity index (χ4v) is 2.40. The maximum Gasteiger partial charge on any atom is 0.0562 e. The molecule has 0 amide bonds. The van der Waals surface area contributed by atoms with Crippen LogP contribution in [0.5, 0.6) is 0 Å². The molecule has 0 aromatic carbocycles. The van der Waals surface area contributed by atoms with Gasteiger partial charge in [-0.1, -0.05) is 6.42 Å². The lowest BCUT2D eigenvalue weighted by atomic mass is 10.1. The maximum atomic E-state index is 5.54. The third-order valence-corrected chi connectivity index (χ3v) is 3.21. The molecule has 82 valence electrons. The molecule has 2 heterocycles. The molecule has 2 rings (SSSR count). The van der Waals surface area contributed by atoms with Crippen molar-refractivity contribution in [3.05, 3.63) is 0 Å². The molecular weight excluding hydrogens is 176 g/mol. The number of hydrogen-bond acceptors (Lipinski definition) is 3. The van der Waals surface area contributed by atoms with E-state index >= 15 is 0 Å². The standard InChI is InChI=1S/C11H22N2O/c1-10-9-11(5-8-14-10)12-13-6-3-2-4-7-13/h10-12H,2-9H2,1H3. The first-order chi connectivity index (χ1) is 6.84. The Bertz CT molecular complexity index is 169. The Balaban J connectivity index is 1.72. The topological polar surface area (TPSA) is 24.5 Å². The number of piperidine rings is 1. The highest BCUT2D eigenvalue weighted by atomic mass is 16.5. The first-order valence-electron chi connectivity index (χ1n) is 5.97. The van der Waals surface area contributed by atoms with Gasteiger partial charge in [0, 0.05) is 25.7 Å². The van der Waals surface area contributed by atoms with E-state index in [9.17, 15) is 0 Å². The van der Waals surface area contributed by atoms with E-state index in [4.69, 9.17) is 4.74 Å². The summed E-state index contributed by atoms with van der Waals surface area (Å²) in [5.41, 5.74) is 3.64. The molecule has 2 aliphatic rings. The molecule has 3 nitrogen and oxygen atoms in total. The van der Waals surface area contributed by atoms with Gasteiger partial charge in [0.1, 0.15) is 0 Å². The summed E-state index contributed by atoms with van der Waals surface area (Å²) in [6.07, 6.45) is 6.88. The third kappa shape index (κ3) is 2.94. The molecule has 3 heteroatoms. The second-order valence-electron chi connectivity index (χ2n) is 4.58. The Morgan fingerprint density at radius 1 is 1.21 bits per heavy atom. The van der Waals surface area contributed by atoms with Gasteiger partial charge in [0.25, 0.3) is 0 Å². The van der Waals surface area contributed by atoms with E-state index in [0.717, 1.165) is 13.0 Å². The minimum atomic E-state index is 0.436. The number of nitrogens with one attached hydrogen (secondary N) is 1. The van der Waals surface area contributed by atoms with Crippen LogP contribution in [0.3, 0.4) is 0 Å². The molecule has 0 bridgehead atoms. The Hall–Kier alpha value is -0.120. The van der Waals surface area contributed by atoms with Crippen LogP contribution in [0.25, 0.3) is 0 Å². The monoisotopic (exact) mass is 198 g/mol. The van der Waals surface area contributed by atoms with Crippen molar-refractivity contribution in [1.29, 1.82) is 0 Å². The summed E-state index contributed by atoms with van der Waals surface area (Å²) in [5, 5.41) is 2.41. The second kappa shape index (κ2) is 5.10. The summed E-state index contributed by atoms with van der Waals surface area (Å²) in [4.78, 5) is 0. The molecule has 2 aliphatic heterocycles. The smallest absolute Gasteiger partial charge is 0.0562 e. The zero-order valence-electron chi connectivity index (χ0n) is 9.17. The second-order valence-corrected chi connectivity index (χ2v) is 4.58. The molecule has 0 aromatic rings. The first-order valence-corrected chi connectivity index (χ1v) is 5.97. The highest BCUT2D eigenvalue weighted by Gasteiger charge is 2.21. The van der Waals surface area contributed by atoms with E-state index in [1.165, 1.54) is 38.8 Å². The van der Waals surface area contributed by atoms with Crippen molar-refractivity contribution in [3.63, 3.8) is 0 Å². The van der Waals surface area contributed by atoms with Crippen molar-refractivity contribution in [2.45, 2.75) is 51.2 Å². The number of ether oxygens (including phenoxy) is 1. The van der Waals surface area contributed by atoms with Crippen molar-refractivity contribution >= 4 is 0 Å². The first kappa shape index (κ1) is 10.4. The van der Waals surface area contributed by atoms with Gasteiger partial charge in [-0.3, -0.25) is 5.43 Å². The third-order valence-electron chi connectivity index (χ3n) is 3.21. The summed E-state index contributed by atoms with van der Waals surface area (Å²) < 4.78 is 5.54. The zero-order valence-corrected chi connectivity index (χ0v) is 9.17. The molecule has 2 saturated heterocycles. The van der Waals surface area contributed by atoms with Crippen molar-refractivity contribution in [1.82, 2.24) is 10.4 Å². The summed E-state index contributed by atoms with van der Waals surface area (Å²) in [7, 11) is 0. The van der Waals surface area contributed by atoms with Crippen molar-refractivity contribution in [3.8, 4) is 0 Å². The van der Waals surface area contributed by atoms with Gasteiger partial charge >= 0.3 is 0 Å². The molecule has 2 fully saturated rings. The largest absolute Gasteiger partial charge is 0.378 e. The fraction of sp³-hybridized carbons (Fsp3) is 1.00. The highest BCUT2D eigenvalue weighted by Crippen LogP contribution is 2.15. The van der Waals surface area contributed by atoms with Gasteiger partial charge in [-0.05, 0) is 32.6 Å². The van der Waals surface area contributed by atoms with Crippen LogP contribution in [0.1, 0.15) is 39.0 Å². The van der Waals surface area contributed by atoms with Gasteiger partial charge in [0.05, 0.1) is 6.10 Å². The molecular formula is C11H22N2O. The quantitative estimate of drug-likeness (QED) is 0.728. The Labute approximate surface area is 86.8 Å². The van der Waals surface area contributed by atoms with Crippen LogP contribution in [0.4, 0.5) is 0 Å². The molecule has 0 aromatic heterocycles. The predicted octanol–water partition coefficient (Wildman–Crippen LogP) is 1.54. The molecule has 0 radical (unpaired) electrons. The summed E-state index contributed by atoms with van der Waals surface area (Å²) in [6, 6.07) is 0.650. The van der Waals surface area contributed by atoms with Gasteiger partial charge in [-0.15, -0.1) is 0 Å². The maximum absolute atomic E-state index is 5.54. The Morgan fingerprint density at radius 2 is 2.00 bits per heavy atom. The van der Waals surface area contributed by atoms with E-state index in [2.05, 4.69) is 17.4 Å². The summed E-state index contributed by atoms with van der Waals surface area (Å²) in [5.74, 6) is 0. The molecule has 0 aliphatic carbocycles. The van der Waals surface area contributed by atoms with Gasteiger partial charge in [-0.25, -0.2) is 5.01 Å². The van der Waals surface area contributed by atoms with Crippen LogP contribution < -0.4 is 5.43 Å². The average Bonchev–Trinajstić information content (AvgIpc) is 2.19. The van der Waals surface area contributed by atoms with Crippen LogP contribution in [-0.4, -0.2) is 36.9 Å². The molecule has 1 N–H and O–H groups in total. The van der Waals surface area contributed by atoms with Gasteiger partial charge in [0.2, 0.25) is 0 Å². The van der Waals surface area contributed by atoms with E-state index in [0.29, 0.717) is 12.1 Å². The van der Waals surface area contributed by atoms with E-state index in [1.807, 2.05) is 0 Å². The number of hydrazine groups is 1. The molecule has 2 atom stereocenters. The van der Waals surface area contributed by atoms with Crippen LogP contribution in [0.15, 0.2) is 0 Å². The lowest BCUT2D eigenvalue weighted by Gasteiger charge is -2.35. The van der Waals surface area contributed by atoms with Gasteiger partial charge in [-0.2, -0.15) is 0 Å². The lowest BCUT2D eigenvalue weighted by molar-refractivity contribution is -0.00769. The number of hydrogen-bond donors (Lipinski definition) is 1. The highest BCUT2D eigenvalue weighted by molar-refractivity contribution is 4.74. The predicted molar refractivity (Wildman–Crippen MR) is 57.0 cm³/mol. The molecule has 0 spiro atoms. The van der Waals surface area contributed by atoms with Crippen LogP contribution in [0.2, 0.25) is 0 Å². The van der Waals surface area contributed by atoms with Crippen molar-refractivity contribution in [2.75, 3.05) is 19.7 Å². The number of rotatable bonds is 2. The summed E-state index contributed by atoms with van der Waals surface area (Å²) in [6.45, 7) is 5.55. The SMILES string of the molecule is CC1CC(NN2CCCCC2)CCO1. The Morgan fingerprint density at radius 3 is 2.71 bits per heavy atom. The minimum absolute atomic E-state index is 0.436. The fourth-order valence-electron chi connectivity index (χ4n) is 2.40. The minimum Gasteiger partial charge on any atom is -0.378 e. The van der Waals surface area contributed by atoms with Crippen molar-refractivity contribution < 1.29 is 4.74 Å². The van der Waals surface area contributed by atoms with E-state index in [1.54, 1.807) is 0 Å². The van der Waals surface area contributed by atoms with Crippen LogP contribution in [-0.2, 0) is 4.74 Å². The number of nitrogens with zero attached hydrogens (tertiary/aromatic N) is 1. The average molecular weight is 198 g/mol. The van der Waals surface area contributed by atoms with E-state index < -0.39 is 0 Å². The van der Waals surface area contributed by atoms with Gasteiger partial charge in [0.15, 0.2) is 0 Å².